The van der Waals surface area contributed by atoms with Gasteiger partial charge in [-0.15, -0.1) is 0 Å². The Hall–Kier alpha value is -1.40. The van der Waals surface area contributed by atoms with E-state index in [2.05, 4.69) is 21.0 Å². The van der Waals surface area contributed by atoms with Crippen molar-refractivity contribution < 1.29 is 9.50 Å². The number of anilines is 1. The normalized spacial score (nSPS) is 12.7. The molecule has 0 saturated heterocycles. The lowest BCUT2D eigenvalue weighted by molar-refractivity contribution is 0.207. The molecule has 6 heteroatoms. The minimum Gasteiger partial charge on any atom is -0.398 e. The van der Waals surface area contributed by atoms with E-state index >= 15 is 0 Å². The van der Waals surface area contributed by atoms with Gasteiger partial charge in [0.25, 0.3) is 0 Å². The van der Waals surface area contributed by atoms with Crippen LogP contribution in [-0.2, 0) is 6.54 Å². The molecular weight excluding hydrogens is 301 g/mol. The molecule has 96 valence electrons. The van der Waals surface area contributed by atoms with Crippen molar-refractivity contribution in [2.45, 2.75) is 19.6 Å². The van der Waals surface area contributed by atoms with Crippen LogP contribution in [0.4, 0.5) is 10.1 Å². The molecule has 3 N–H and O–H groups in total. The van der Waals surface area contributed by atoms with E-state index in [-0.39, 0.29) is 0 Å². The fraction of sp³-hybridized carbons (Fsp3) is 0.250. The summed E-state index contributed by atoms with van der Waals surface area (Å²) >= 11 is 3.32. The number of benzene rings is 1. The van der Waals surface area contributed by atoms with Crippen molar-refractivity contribution in [3.05, 3.63) is 45.9 Å². The van der Waals surface area contributed by atoms with Gasteiger partial charge in [0, 0.05) is 17.8 Å². The smallest absolute Gasteiger partial charge is 0.124 e. The summed E-state index contributed by atoms with van der Waals surface area (Å²) in [5.74, 6) is -0.433. The molecule has 18 heavy (non-hydrogen) atoms. The molecule has 2 aromatic rings. The van der Waals surface area contributed by atoms with Gasteiger partial charge in [0.05, 0.1) is 16.4 Å². The lowest BCUT2D eigenvalue weighted by atomic mass is 10.0. The molecule has 0 fully saturated rings. The molecular formula is C12H13BrFN3O. The summed E-state index contributed by atoms with van der Waals surface area (Å²) in [5.41, 5.74) is 7.02. The molecule has 0 radical (unpaired) electrons. The van der Waals surface area contributed by atoms with Crippen LogP contribution in [0.5, 0.6) is 0 Å². The summed E-state index contributed by atoms with van der Waals surface area (Å²) in [6.07, 6.45) is 0.579. The Bertz CT molecular complexity index is 570. The second-order valence-electron chi connectivity index (χ2n) is 3.87. The monoisotopic (exact) mass is 313 g/mol. The predicted molar refractivity (Wildman–Crippen MR) is 70.5 cm³/mol. The maximum atomic E-state index is 13.2. The minimum atomic E-state index is -1.02. The molecule has 1 aromatic carbocycles. The van der Waals surface area contributed by atoms with E-state index in [1.807, 2.05) is 6.92 Å². The Labute approximate surface area is 112 Å². The molecule has 1 unspecified atom stereocenters. The number of nitrogens with zero attached hydrogens (tertiary/aromatic N) is 2. The first kappa shape index (κ1) is 13.0. The van der Waals surface area contributed by atoms with Crippen molar-refractivity contribution >= 4 is 21.6 Å². The van der Waals surface area contributed by atoms with Crippen molar-refractivity contribution in [2.24, 2.45) is 0 Å². The van der Waals surface area contributed by atoms with Crippen LogP contribution >= 0.6 is 15.9 Å². The summed E-state index contributed by atoms with van der Waals surface area (Å²) in [4.78, 5) is 0. The molecule has 0 amide bonds. The number of halogens is 2. The highest BCUT2D eigenvalue weighted by molar-refractivity contribution is 9.10. The Balaban J connectivity index is 2.50. The Morgan fingerprint density at radius 2 is 2.28 bits per heavy atom. The number of aromatic nitrogens is 2. The molecule has 0 aliphatic heterocycles. The highest BCUT2D eigenvalue weighted by atomic mass is 79.9. The largest absolute Gasteiger partial charge is 0.398 e. The van der Waals surface area contributed by atoms with E-state index in [4.69, 9.17) is 5.73 Å². The van der Waals surface area contributed by atoms with Crippen molar-refractivity contribution in [1.82, 2.24) is 9.78 Å². The number of aliphatic hydroxyl groups is 1. The quantitative estimate of drug-likeness (QED) is 0.856. The van der Waals surface area contributed by atoms with E-state index in [0.29, 0.717) is 28.0 Å². The fourth-order valence-corrected chi connectivity index (χ4v) is 2.34. The van der Waals surface area contributed by atoms with Crippen LogP contribution in [0.1, 0.15) is 24.3 Å². The molecule has 4 nitrogen and oxygen atoms in total. The van der Waals surface area contributed by atoms with Gasteiger partial charge >= 0.3 is 0 Å². The average molecular weight is 314 g/mol. The molecule has 1 atom stereocenters. The van der Waals surface area contributed by atoms with Gasteiger partial charge in [0.1, 0.15) is 11.9 Å². The van der Waals surface area contributed by atoms with E-state index in [1.165, 1.54) is 18.2 Å². The highest BCUT2D eigenvalue weighted by Crippen LogP contribution is 2.31. The molecule has 0 aliphatic carbocycles. The van der Waals surface area contributed by atoms with Crippen LogP contribution in [0.15, 0.2) is 28.9 Å². The molecule has 0 aliphatic rings. The third kappa shape index (κ3) is 2.26. The zero-order valence-corrected chi connectivity index (χ0v) is 11.4. The third-order valence-electron chi connectivity index (χ3n) is 2.74. The number of aryl methyl sites for hydroxylation is 1. The maximum absolute atomic E-state index is 13.2. The predicted octanol–water partition coefficient (Wildman–Crippen LogP) is 2.47. The Morgan fingerprint density at radius 1 is 1.56 bits per heavy atom. The fourth-order valence-electron chi connectivity index (χ4n) is 1.83. The van der Waals surface area contributed by atoms with Gasteiger partial charge in [-0.3, -0.25) is 4.68 Å². The maximum Gasteiger partial charge on any atom is 0.124 e. The molecule has 0 spiro atoms. The highest BCUT2D eigenvalue weighted by Gasteiger charge is 2.21. The molecule has 1 aromatic heterocycles. The molecule has 0 saturated carbocycles. The van der Waals surface area contributed by atoms with Crippen LogP contribution in [-0.4, -0.2) is 14.9 Å². The first-order valence-corrected chi connectivity index (χ1v) is 6.28. The first-order valence-electron chi connectivity index (χ1n) is 5.48. The SMILES string of the molecule is CCn1ncc(Br)c1C(O)c1cc(F)ccc1N. The van der Waals surface area contributed by atoms with Crippen LogP contribution in [0.2, 0.25) is 0 Å². The van der Waals surface area contributed by atoms with Gasteiger partial charge in [0.2, 0.25) is 0 Å². The average Bonchev–Trinajstić information content (AvgIpc) is 2.72. The topological polar surface area (TPSA) is 64.1 Å². The summed E-state index contributed by atoms with van der Waals surface area (Å²) < 4.78 is 15.5. The number of nitrogen functional groups attached to an aromatic ring is 1. The summed E-state index contributed by atoms with van der Waals surface area (Å²) in [7, 11) is 0. The Kier molecular flexibility index (Phi) is 3.68. The van der Waals surface area contributed by atoms with Gasteiger partial charge in [-0.1, -0.05) is 0 Å². The summed E-state index contributed by atoms with van der Waals surface area (Å²) in [5, 5.41) is 14.4. The van der Waals surface area contributed by atoms with Gasteiger partial charge in [-0.25, -0.2) is 4.39 Å². The molecule has 1 heterocycles. The van der Waals surface area contributed by atoms with Crippen LogP contribution < -0.4 is 5.73 Å². The van der Waals surface area contributed by atoms with Crippen LogP contribution in [0, 0.1) is 5.82 Å². The second-order valence-corrected chi connectivity index (χ2v) is 4.72. The Morgan fingerprint density at radius 3 is 2.94 bits per heavy atom. The lowest BCUT2D eigenvalue weighted by Crippen LogP contribution is -2.11. The van der Waals surface area contributed by atoms with Crippen molar-refractivity contribution in [3.63, 3.8) is 0 Å². The van der Waals surface area contributed by atoms with Gasteiger partial charge in [-0.2, -0.15) is 5.10 Å². The van der Waals surface area contributed by atoms with Gasteiger partial charge in [0.15, 0.2) is 0 Å². The van der Waals surface area contributed by atoms with E-state index in [0.717, 1.165) is 0 Å². The summed E-state index contributed by atoms with van der Waals surface area (Å²) in [6, 6.07) is 3.94. The number of hydrogen-bond donors (Lipinski definition) is 2. The van der Waals surface area contributed by atoms with Crippen molar-refractivity contribution in [1.29, 1.82) is 0 Å². The lowest BCUT2D eigenvalue weighted by Gasteiger charge is -2.15. The zero-order valence-electron chi connectivity index (χ0n) is 9.77. The van der Waals surface area contributed by atoms with Crippen molar-refractivity contribution in [3.8, 4) is 0 Å². The van der Waals surface area contributed by atoms with E-state index in [9.17, 15) is 9.50 Å². The van der Waals surface area contributed by atoms with Crippen LogP contribution in [0.25, 0.3) is 0 Å². The molecule has 2 rings (SSSR count). The first-order chi connectivity index (χ1) is 8.54. The van der Waals surface area contributed by atoms with Gasteiger partial charge < -0.3 is 10.8 Å². The summed E-state index contributed by atoms with van der Waals surface area (Å²) in [6.45, 7) is 2.51. The van der Waals surface area contributed by atoms with Gasteiger partial charge in [-0.05, 0) is 41.1 Å². The number of nitrogens with two attached hydrogens (primary N) is 1. The van der Waals surface area contributed by atoms with Crippen molar-refractivity contribution in [2.75, 3.05) is 5.73 Å². The van der Waals surface area contributed by atoms with E-state index in [1.54, 1.807) is 10.9 Å². The number of aliphatic hydroxyl groups excluding tert-OH is 1. The second kappa shape index (κ2) is 5.07. The van der Waals surface area contributed by atoms with Crippen LogP contribution in [0.3, 0.4) is 0 Å². The number of rotatable bonds is 3. The zero-order chi connectivity index (χ0) is 13.3. The minimum absolute atomic E-state index is 0.339. The standard InChI is InChI=1S/C12H13BrFN3O/c1-2-17-11(9(13)6-16-17)12(18)8-5-7(14)3-4-10(8)15/h3-6,12,18H,2,15H2,1H3. The van der Waals surface area contributed by atoms with E-state index < -0.39 is 11.9 Å². The number of hydrogen-bond acceptors (Lipinski definition) is 3. The third-order valence-corrected chi connectivity index (χ3v) is 3.35. The molecule has 0 bridgehead atoms.